The van der Waals surface area contributed by atoms with Crippen molar-refractivity contribution in [1.82, 2.24) is 0 Å². The van der Waals surface area contributed by atoms with E-state index in [1.807, 2.05) is 6.92 Å². The number of Topliss-reactive ketones (excluding diaryl/α,β-unsaturated/α-hetero) is 1. The minimum absolute atomic E-state index is 0.0139. The molecule has 1 aliphatic carbocycles. The van der Waals surface area contributed by atoms with E-state index in [0.717, 1.165) is 12.0 Å². The Labute approximate surface area is 77.8 Å². The largest absolute Gasteiger partial charge is 0.468 e. The van der Waals surface area contributed by atoms with Crippen molar-refractivity contribution < 1.29 is 14.3 Å². The Bertz CT molecular complexity index is 255. The molecule has 0 bridgehead atoms. The molecule has 1 rings (SSSR count). The van der Waals surface area contributed by atoms with Gasteiger partial charge in [-0.15, -0.1) is 0 Å². The molecule has 1 saturated carbocycles. The molecule has 0 aromatic carbocycles. The van der Waals surface area contributed by atoms with Crippen LogP contribution in [0, 0.1) is 11.8 Å². The second-order valence-electron chi connectivity index (χ2n) is 3.46. The van der Waals surface area contributed by atoms with E-state index >= 15 is 0 Å². The van der Waals surface area contributed by atoms with E-state index in [4.69, 9.17) is 0 Å². The fraction of sp³-hybridized carbons (Fsp3) is 0.600. The Morgan fingerprint density at radius 1 is 1.62 bits per heavy atom. The highest BCUT2D eigenvalue weighted by molar-refractivity contribution is 6.01. The van der Waals surface area contributed by atoms with Gasteiger partial charge >= 0.3 is 5.97 Å². The van der Waals surface area contributed by atoms with Crippen LogP contribution in [0.5, 0.6) is 0 Å². The highest BCUT2D eigenvalue weighted by atomic mass is 16.5. The summed E-state index contributed by atoms with van der Waals surface area (Å²) in [6.45, 7) is 5.62. The van der Waals surface area contributed by atoms with Gasteiger partial charge in [0.25, 0.3) is 0 Å². The van der Waals surface area contributed by atoms with Crippen molar-refractivity contribution in [2.45, 2.75) is 19.8 Å². The first-order valence-corrected chi connectivity index (χ1v) is 4.34. The molecule has 0 heterocycles. The van der Waals surface area contributed by atoms with Crippen molar-refractivity contribution in [3.8, 4) is 0 Å². The molecule has 0 saturated heterocycles. The second-order valence-corrected chi connectivity index (χ2v) is 3.46. The molecule has 0 N–H and O–H groups in total. The molecule has 0 aromatic rings. The summed E-state index contributed by atoms with van der Waals surface area (Å²) in [5.74, 6) is -1.04. The maximum absolute atomic E-state index is 11.3. The number of carbonyl (C=O) groups excluding carboxylic acids is 2. The van der Waals surface area contributed by atoms with Crippen LogP contribution in [0.4, 0.5) is 0 Å². The molecule has 1 aliphatic rings. The lowest BCUT2D eigenvalue weighted by Gasteiger charge is -2.15. The first kappa shape index (κ1) is 9.96. The van der Waals surface area contributed by atoms with Crippen molar-refractivity contribution >= 4 is 11.8 Å². The first-order chi connectivity index (χ1) is 6.07. The van der Waals surface area contributed by atoms with Gasteiger partial charge < -0.3 is 4.74 Å². The third-order valence-corrected chi connectivity index (χ3v) is 2.54. The second kappa shape index (κ2) is 3.73. The zero-order chi connectivity index (χ0) is 10.0. The number of rotatable bonds is 2. The smallest absolute Gasteiger partial charge is 0.316 e. The molecule has 72 valence electrons. The predicted molar refractivity (Wildman–Crippen MR) is 48.1 cm³/mol. The van der Waals surface area contributed by atoms with E-state index in [-0.39, 0.29) is 11.7 Å². The molecular weight excluding hydrogens is 168 g/mol. The predicted octanol–water partition coefficient (Wildman–Crippen LogP) is 1.33. The van der Waals surface area contributed by atoms with Crippen LogP contribution in [0.3, 0.4) is 0 Å². The van der Waals surface area contributed by atoms with Crippen molar-refractivity contribution in [3.05, 3.63) is 12.2 Å². The molecular formula is C10H14O3. The molecule has 13 heavy (non-hydrogen) atoms. The van der Waals surface area contributed by atoms with E-state index in [2.05, 4.69) is 11.3 Å². The van der Waals surface area contributed by atoms with Crippen molar-refractivity contribution in [2.24, 2.45) is 11.8 Å². The Balaban J connectivity index is 2.83. The van der Waals surface area contributed by atoms with Gasteiger partial charge in [0.1, 0.15) is 11.7 Å². The third-order valence-electron chi connectivity index (χ3n) is 2.54. The maximum atomic E-state index is 11.3. The van der Waals surface area contributed by atoms with Crippen molar-refractivity contribution in [1.29, 1.82) is 0 Å². The number of ether oxygens (including phenoxy) is 1. The Kier molecular flexibility index (Phi) is 2.86. The lowest BCUT2D eigenvalue weighted by Crippen LogP contribution is -2.26. The van der Waals surface area contributed by atoms with Crippen LogP contribution in [0.15, 0.2) is 12.2 Å². The number of carbonyl (C=O) groups is 2. The normalized spacial score (nSPS) is 27.4. The molecule has 1 fully saturated rings. The minimum Gasteiger partial charge on any atom is -0.468 e. The monoisotopic (exact) mass is 182 g/mol. The number of esters is 1. The summed E-state index contributed by atoms with van der Waals surface area (Å²) in [7, 11) is 1.31. The van der Waals surface area contributed by atoms with Crippen LogP contribution in [0.25, 0.3) is 0 Å². The minimum atomic E-state index is -0.595. The van der Waals surface area contributed by atoms with E-state index in [1.165, 1.54) is 7.11 Å². The standard InChI is InChI=1S/C10H14O3/c1-6(2)7-4-5-8(11)9(7)10(12)13-3/h7,9H,1,4-5H2,2-3H3/t7-,9-/m1/s1. The van der Waals surface area contributed by atoms with Crippen molar-refractivity contribution in [2.75, 3.05) is 7.11 Å². The molecule has 3 heteroatoms. The maximum Gasteiger partial charge on any atom is 0.316 e. The van der Waals surface area contributed by atoms with Gasteiger partial charge in [-0.05, 0) is 19.3 Å². The summed E-state index contributed by atoms with van der Waals surface area (Å²) in [6, 6.07) is 0. The third kappa shape index (κ3) is 1.79. The quantitative estimate of drug-likeness (QED) is 0.367. The van der Waals surface area contributed by atoms with Crippen LogP contribution in [0.1, 0.15) is 19.8 Å². The number of ketones is 1. The molecule has 0 unspecified atom stereocenters. The van der Waals surface area contributed by atoms with Gasteiger partial charge in [-0.1, -0.05) is 12.2 Å². The summed E-state index contributed by atoms with van der Waals surface area (Å²) in [6.07, 6.45) is 1.20. The fourth-order valence-corrected chi connectivity index (χ4v) is 1.80. The zero-order valence-electron chi connectivity index (χ0n) is 8.00. The Hall–Kier alpha value is -1.12. The Morgan fingerprint density at radius 2 is 2.23 bits per heavy atom. The molecule has 0 amide bonds. The first-order valence-electron chi connectivity index (χ1n) is 4.34. The van der Waals surface area contributed by atoms with Gasteiger partial charge in [-0.2, -0.15) is 0 Å². The van der Waals surface area contributed by atoms with Crippen LogP contribution in [-0.4, -0.2) is 18.9 Å². The molecule has 0 aliphatic heterocycles. The number of methoxy groups -OCH3 is 1. The lowest BCUT2D eigenvalue weighted by atomic mass is 9.90. The fourth-order valence-electron chi connectivity index (χ4n) is 1.80. The lowest BCUT2D eigenvalue weighted by molar-refractivity contribution is -0.149. The summed E-state index contributed by atoms with van der Waals surface area (Å²) < 4.78 is 4.58. The topological polar surface area (TPSA) is 43.4 Å². The van der Waals surface area contributed by atoms with E-state index in [1.54, 1.807) is 0 Å². The van der Waals surface area contributed by atoms with Gasteiger partial charge in [-0.25, -0.2) is 0 Å². The van der Waals surface area contributed by atoms with Crippen LogP contribution in [0.2, 0.25) is 0 Å². The van der Waals surface area contributed by atoms with Crippen LogP contribution in [-0.2, 0) is 14.3 Å². The molecule has 0 aromatic heterocycles. The van der Waals surface area contributed by atoms with Crippen LogP contribution >= 0.6 is 0 Å². The zero-order valence-corrected chi connectivity index (χ0v) is 8.00. The van der Waals surface area contributed by atoms with Gasteiger partial charge in [0.15, 0.2) is 0 Å². The summed E-state index contributed by atoms with van der Waals surface area (Å²) >= 11 is 0. The Morgan fingerprint density at radius 3 is 2.69 bits per heavy atom. The molecule has 2 atom stereocenters. The average Bonchev–Trinajstić information content (AvgIpc) is 2.46. The van der Waals surface area contributed by atoms with Crippen LogP contribution < -0.4 is 0 Å². The van der Waals surface area contributed by atoms with Gasteiger partial charge in [-0.3, -0.25) is 9.59 Å². The van der Waals surface area contributed by atoms with Crippen molar-refractivity contribution in [3.63, 3.8) is 0 Å². The average molecular weight is 182 g/mol. The van der Waals surface area contributed by atoms with E-state index in [9.17, 15) is 9.59 Å². The SMILES string of the molecule is C=C(C)[C@H]1CCC(=O)[C@@H]1C(=O)OC. The summed E-state index contributed by atoms with van der Waals surface area (Å²) in [5.41, 5.74) is 0.890. The molecule has 3 nitrogen and oxygen atoms in total. The number of hydrogen-bond acceptors (Lipinski definition) is 3. The van der Waals surface area contributed by atoms with E-state index in [0.29, 0.717) is 6.42 Å². The highest BCUT2D eigenvalue weighted by Crippen LogP contribution is 2.34. The van der Waals surface area contributed by atoms with Gasteiger partial charge in [0, 0.05) is 6.42 Å². The summed E-state index contributed by atoms with van der Waals surface area (Å²) in [4.78, 5) is 22.6. The number of allylic oxidation sites excluding steroid dienone is 1. The van der Waals surface area contributed by atoms with E-state index < -0.39 is 11.9 Å². The highest BCUT2D eigenvalue weighted by Gasteiger charge is 2.40. The summed E-state index contributed by atoms with van der Waals surface area (Å²) in [5, 5.41) is 0. The molecule has 0 spiro atoms. The van der Waals surface area contributed by atoms with Gasteiger partial charge in [0.05, 0.1) is 7.11 Å². The van der Waals surface area contributed by atoms with Gasteiger partial charge in [0.2, 0.25) is 0 Å². The number of hydrogen-bond donors (Lipinski definition) is 0. The molecule has 0 radical (unpaired) electrons.